The van der Waals surface area contributed by atoms with Crippen molar-refractivity contribution < 1.29 is 18.0 Å². The van der Waals surface area contributed by atoms with Gasteiger partial charge in [0.25, 0.3) is 5.82 Å². The van der Waals surface area contributed by atoms with Gasteiger partial charge in [-0.1, -0.05) is 11.8 Å². The van der Waals surface area contributed by atoms with Crippen molar-refractivity contribution in [2.75, 3.05) is 24.7 Å². The van der Waals surface area contributed by atoms with Crippen LogP contribution in [0.1, 0.15) is 19.7 Å². The first-order chi connectivity index (χ1) is 8.81. The normalized spacial score (nSPS) is 11.6. The Morgan fingerprint density at radius 3 is 2.37 bits per heavy atom. The first-order valence-corrected chi connectivity index (χ1v) is 6.48. The van der Waals surface area contributed by atoms with E-state index in [0.29, 0.717) is 17.8 Å². The second-order valence-corrected chi connectivity index (χ2v) is 4.47. The summed E-state index contributed by atoms with van der Waals surface area (Å²) in [4.78, 5) is 13.2. The fraction of sp³-hybridized carbons (Fsp3) is 0.667. The van der Waals surface area contributed by atoms with Gasteiger partial charge in [-0.2, -0.15) is 13.2 Å². The van der Waals surface area contributed by atoms with E-state index in [1.807, 2.05) is 13.8 Å². The molecule has 0 unspecified atom stereocenters. The summed E-state index contributed by atoms with van der Waals surface area (Å²) >= 11 is 0.824. The molecule has 1 heterocycles. The molecule has 0 aromatic carbocycles. The van der Waals surface area contributed by atoms with Crippen molar-refractivity contribution >= 4 is 17.7 Å². The van der Waals surface area contributed by atoms with Crippen LogP contribution >= 0.6 is 11.8 Å². The molecule has 0 spiro atoms. The highest BCUT2D eigenvalue weighted by molar-refractivity contribution is 7.99. The average molecular weight is 297 g/mol. The molecule has 0 atom stereocenters. The zero-order chi connectivity index (χ0) is 14.6. The van der Waals surface area contributed by atoms with E-state index in [1.165, 1.54) is 0 Å². The highest BCUT2D eigenvalue weighted by Gasteiger charge is 2.38. The van der Waals surface area contributed by atoms with Gasteiger partial charge >= 0.3 is 6.18 Å². The van der Waals surface area contributed by atoms with Gasteiger partial charge in [-0.05, 0) is 13.8 Å². The molecule has 1 aromatic heterocycles. The smallest absolute Gasteiger partial charge is 0.343 e. The fourth-order valence-corrected chi connectivity index (χ4v) is 2.12. The van der Waals surface area contributed by atoms with Gasteiger partial charge in [0.2, 0.25) is 11.1 Å². The summed E-state index contributed by atoms with van der Waals surface area (Å²) < 4.78 is 37.6. The number of rotatable bonds is 5. The van der Waals surface area contributed by atoms with Crippen LogP contribution in [-0.4, -0.2) is 44.5 Å². The van der Waals surface area contributed by atoms with E-state index in [2.05, 4.69) is 10.2 Å². The highest BCUT2D eigenvalue weighted by atomic mass is 32.2. The molecule has 0 saturated heterocycles. The lowest BCUT2D eigenvalue weighted by molar-refractivity contribution is -0.146. The number of carbonyl (C=O) groups excluding carboxylic acids is 1. The standard InChI is InChI=1S/C9H14F3N5OS/c1-3-16(4-2)6(18)5-19-8-15-14-7(17(8)13)9(10,11)12/h3-5,13H2,1-2H3. The van der Waals surface area contributed by atoms with Crippen molar-refractivity contribution in [1.29, 1.82) is 0 Å². The molecular formula is C9H14F3N5OS. The third-order valence-corrected chi connectivity index (χ3v) is 3.29. The predicted molar refractivity (Wildman–Crippen MR) is 63.8 cm³/mol. The number of amides is 1. The summed E-state index contributed by atoms with van der Waals surface area (Å²) in [5, 5.41) is 6.15. The van der Waals surface area contributed by atoms with Gasteiger partial charge in [0.05, 0.1) is 5.75 Å². The van der Waals surface area contributed by atoms with Crippen LogP contribution in [0.4, 0.5) is 13.2 Å². The maximum Gasteiger partial charge on any atom is 0.453 e. The van der Waals surface area contributed by atoms with Gasteiger partial charge in [-0.25, -0.2) is 4.68 Å². The maximum absolute atomic E-state index is 12.4. The molecule has 1 aromatic rings. The van der Waals surface area contributed by atoms with Crippen molar-refractivity contribution in [1.82, 2.24) is 19.8 Å². The number of hydrogen-bond acceptors (Lipinski definition) is 5. The van der Waals surface area contributed by atoms with Crippen LogP contribution in [0.25, 0.3) is 0 Å². The van der Waals surface area contributed by atoms with E-state index in [1.54, 1.807) is 4.90 Å². The predicted octanol–water partition coefficient (Wildman–Crippen LogP) is 0.971. The molecule has 0 radical (unpaired) electrons. The maximum atomic E-state index is 12.4. The molecule has 0 saturated carbocycles. The minimum atomic E-state index is -4.66. The second-order valence-electron chi connectivity index (χ2n) is 3.53. The number of thioether (sulfide) groups is 1. The van der Waals surface area contributed by atoms with Gasteiger partial charge in [-0.3, -0.25) is 4.79 Å². The van der Waals surface area contributed by atoms with Crippen LogP contribution < -0.4 is 5.84 Å². The number of nitrogen functional groups attached to an aromatic ring is 1. The van der Waals surface area contributed by atoms with Crippen LogP contribution in [0.15, 0.2) is 5.16 Å². The van der Waals surface area contributed by atoms with Crippen molar-refractivity contribution in [2.45, 2.75) is 25.2 Å². The van der Waals surface area contributed by atoms with Crippen molar-refractivity contribution in [3.8, 4) is 0 Å². The van der Waals surface area contributed by atoms with E-state index in [9.17, 15) is 18.0 Å². The average Bonchev–Trinajstić information content (AvgIpc) is 2.69. The van der Waals surface area contributed by atoms with Gasteiger partial charge < -0.3 is 10.7 Å². The zero-order valence-corrected chi connectivity index (χ0v) is 11.3. The molecule has 1 rings (SSSR count). The van der Waals surface area contributed by atoms with E-state index in [0.717, 1.165) is 11.8 Å². The van der Waals surface area contributed by atoms with Gasteiger partial charge in [0.1, 0.15) is 0 Å². The van der Waals surface area contributed by atoms with Gasteiger partial charge in [0.15, 0.2) is 0 Å². The summed E-state index contributed by atoms with van der Waals surface area (Å²) in [6.45, 7) is 4.72. The first kappa shape index (κ1) is 15.6. The zero-order valence-electron chi connectivity index (χ0n) is 10.4. The Morgan fingerprint density at radius 2 is 1.95 bits per heavy atom. The molecule has 19 heavy (non-hydrogen) atoms. The SMILES string of the molecule is CCN(CC)C(=O)CSc1nnc(C(F)(F)F)n1N. The number of nitrogens with zero attached hydrogens (tertiary/aromatic N) is 4. The number of halogens is 3. The summed E-state index contributed by atoms with van der Waals surface area (Å²) in [6, 6.07) is 0. The van der Waals surface area contributed by atoms with E-state index < -0.39 is 12.0 Å². The number of aromatic nitrogens is 3. The second kappa shape index (κ2) is 6.13. The largest absolute Gasteiger partial charge is 0.453 e. The van der Waals surface area contributed by atoms with Crippen LogP contribution in [0, 0.1) is 0 Å². The van der Waals surface area contributed by atoms with E-state index >= 15 is 0 Å². The molecule has 0 fully saturated rings. The van der Waals surface area contributed by atoms with E-state index in [-0.39, 0.29) is 16.8 Å². The van der Waals surface area contributed by atoms with Crippen LogP contribution in [0.3, 0.4) is 0 Å². The van der Waals surface area contributed by atoms with Crippen LogP contribution in [0.5, 0.6) is 0 Å². The molecule has 2 N–H and O–H groups in total. The Morgan fingerprint density at radius 1 is 1.37 bits per heavy atom. The van der Waals surface area contributed by atoms with E-state index in [4.69, 9.17) is 5.84 Å². The highest BCUT2D eigenvalue weighted by Crippen LogP contribution is 2.28. The topological polar surface area (TPSA) is 77.0 Å². The number of nitrogens with two attached hydrogens (primary N) is 1. The van der Waals surface area contributed by atoms with Gasteiger partial charge in [-0.15, -0.1) is 10.2 Å². The molecule has 6 nitrogen and oxygen atoms in total. The Labute approximate surface area is 112 Å². The summed E-state index contributed by atoms with van der Waals surface area (Å²) in [6.07, 6.45) is -4.66. The monoisotopic (exact) mass is 297 g/mol. The molecule has 0 bridgehead atoms. The van der Waals surface area contributed by atoms with Crippen molar-refractivity contribution in [2.24, 2.45) is 0 Å². The first-order valence-electron chi connectivity index (χ1n) is 5.49. The Balaban J connectivity index is 2.70. The third-order valence-electron chi connectivity index (χ3n) is 2.36. The third kappa shape index (κ3) is 3.75. The Bertz CT molecular complexity index is 444. The Kier molecular flexibility index (Phi) is 5.04. The quantitative estimate of drug-likeness (QED) is 0.647. The van der Waals surface area contributed by atoms with Crippen molar-refractivity contribution in [3.05, 3.63) is 5.82 Å². The lowest BCUT2D eigenvalue weighted by Gasteiger charge is -2.17. The van der Waals surface area contributed by atoms with Crippen LogP contribution in [0.2, 0.25) is 0 Å². The number of hydrogen-bond donors (Lipinski definition) is 1. The molecule has 0 aliphatic rings. The molecule has 108 valence electrons. The molecular weight excluding hydrogens is 283 g/mol. The summed E-state index contributed by atoms with van der Waals surface area (Å²) in [5.74, 6) is 3.73. The number of carbonyl (C=O) groups is 1. The minimum Gasteiger partial charge on any atom is -0.343 e. The van der Waals surface area contributed by atoms with Crippen molar-refractivity contribution in [3.63, 3.8) is 0 Å². The molecule has 0 aliphatic heterocycles. The summed E-state index contributed by atoms with van der Waals surface area (Å²) in [7, 11) is 0. The Hall–Kier alpha value is -1.45. The number of alkyl halides is 3. The lowest BCUT2D eigenvalue weighted by Crippen LogP contribution is -2.32. The lowest BCUT2D eigenvalue weighted by atomic mass is 10.5. The summed E-state index contributed by atoms with van der Waals surface area (Å²) in [5.41, 5.74) is 0. The molecule has 0 aliphatic carbocycles. The van der Waals surface area contributed by atoms with Crippen LogP contribution in [-0.2, 0) is 11.0 Å². The molecule has 1 amide bonds. The fourth-order valence-electron chi connectivity index (χ4n) is 1.36. The van der Waals surface area contributed by atoms with Gasteiger partial charge in [0, 0.05) is 13.1 Å². The minimum absolute atomic E-state index is 0.0329. The molecule has 10 heteroatoms.